The fourth-order valence-electron chi connectivity index (χ4n) is 1.79. The molecule has 0 heterocycles. The molecule has 0 bridgehead atoms. The summed E-state index contributed by atoms with van der Waals surface area (Å²) in [6.07, 6.45) is 7.16. The predicted octanol–water partition coefficient (Wildman–Crippen LogP) is 1.44. The van der Waals surface area contributed by atoms with Gasteiger partial charge in [-0.05, 0) is 37.0 Å². The van der Waals surface area contributed by atoms with Gasteiger partial charge in [-0.3, -0.25) is 0 Å². The van der Waals surface area contributed by atoms with Crippen LogP contribution in [0.5, 0.6) is 0 Å². The predicted molar refractivity (Wildman–Crippen MR) is 71.1 cm³/mol. The van der Waals surface area contributed by atoms with Crippen molar-refractivity contribution in [1.82, 2.24) is 4.31 Å². The van der Waals surface area contributed by atoms with Crippen LogP contribution in [-0.2, 0) is 10.0 Å². The van der Waals surface area contributed by atoms with Crippen molar-refractivity contribution >= 4 is 15.7 Å². The summed E-state index contributed by atoms with van der Waals surface area (Å²) >= 11 is 0. The second-order valence-corrected chi connectivity index (χ2v) is 6.54. The molecule has 1 aromatic rings. The van der Waals surface area contributed by atoms with E-state index in [1.807, 2.05) is 0 Å². The van der Waals surface area contributed by atoms with Gasteiger partial charge in [0.15, 0.2) is 0 Å². The van der Waals surface area contributed by atoms with Crippen molar-refractivity contribution in [3.63, 3.8) is 0 Å². The summed E-state index contributed by atoms with van der Waals surface area (Å²) in [5.41, 5.74) is 5.72. The molecule has 0 radical (unpaired) electrons. The van der Waals surface area contributed by atoms with Gasteiger partial charge in [-0.2, -0.15) is 4.31 Å². The van der Waals surface area contributed by atoms with E-state index in [2.05, 4.69) is 5.92 Å². The molecule has 2 rings (SSSR count). The van der Waals surface area contributed by atoms with Crippen LogP contribution in [0.3, 0.4) is 0 Å². The van der Waals surface area contributed by atoms with Crippen LogP contribution in [0, 0.1) is 24.1 Å². The number of hydrogen-bond donors (Lipinski definition) is 1. The summed E-state index contributed by atoms with van der Waals surface area (Å²) in [6, 6.07) is 3.50. The normalized spacial score (nSPS) is 15.4. The van der Waals surface area contributed by atoms with E-state index in [0.29, 0.717) is 12.5 Å². The molecule has 102 valence electrons. The van der Waals surface area contributed by atoms with E-state index < -0.39 is 20.7 Å². The van der Waals surface area contributed by atoms with Gasteiger partial charge in [-0.15, -0.1) is 6.42 Å². The second kappa shape index (κ2) is 5.19. The minimum atomic E-state index is -3.94. The lowest BCUT2D eigenvalue weighted by Gasteiger charge is -2.20. The highest BCUT2D eigenvalue weighted by Gasteiger charge is 2.32. The molecule has 0 aromatic heterocycles. The number of halogens is 1. The first kappa shape index (κ1) is 13.8. The van der Waals surface area contributed by atoms with E-state index in [1.165, 1.54) is 6.07 Å². The number of rotatable bonds is 5. The molecule has 0 aliphatic heterocycles. The molecule has 0 saturated heterocycles. The standard InChI is InChI=1S/C13H15FN2O2S/c1-2-7-16(9-10-3-4-10)19(17,18)13-8-11(15)5-6-12(13)14/h1,5-6,8,10H,3-4,7,9,15H2. The van der Waals surface area contributed by atoms with Crippen molar-refractivity contribution in [2.45, 2.75) is 17.7 Å². The monoisotopic (exact) mass is 282 g/mol. The highest BCUT2D eigenvalue weighted by Crippen LogP contribution is 2.32. The van der Waals surface area contributed by atoms with Crippen molar-refractivity contribution in [3.8, 4) is 12.3 Å². The van der Waals surface area contributed by atoms with Crippen LogP contribution in [0.15, 0.2) is 23.1 Å². The molecule has 0 atom stereocenters. The number of hydrogen-bond acceptors (Lipinski definition) is 3. The number of terminal acetylenes is 1. The summed E-state index contributed by atoms with van der Waals surface area (Å²) in [5, 5.41) is 0. The molecule has 0 spiro atoms. The average Bonchev–Trinajstić information content (AvgIpc) is 3.15. The van der Waals surface area contributed by atoms with E-state index >= 15 is 0 Å². The van der Waals surface area contributed by atoms with Gasteiger partial charge in [0.25, 0.3) is 0 Å². The molecule has 1 fully saturated rings. The molecule has 2 N–H and O–H groups in total. The largest absolute Gasteiger partial charge is 0.399 e. The summed E-state index contributed by atoms with van der Waals surface area (Å²) in [4.78, 5) is -0.414. The highest BCUT2D eigenvalue weighted by atomic mass is 32.2. The molecule has 0 amide bonds. The van der Waals surface area contributed by atoms with E-state index in [0.717, 1.165) is 29.3 Å². The average molecular weight is 282 g/mol. The van der Waals surface area contributed by atoms with Crippen LogP contribution in [-0.4, -0.2) is 25.8 Å². The first-order valence-electron chi connectivity index (χ1n) is 5.94. The molecule has 1 aliphatic carbocycles. The maximum Gasteiger partial charge on any atom is 0.246 e. The van der Waals surface area contributed by atoms with Gasteiger partial charge in [-0.25, -0.2) is 12.8 Å². The Balaban J connectivity index is 2.37. The maximum atomic E-state index is 13.7. The lowest BCUT2D eigenvalue weighted by molar-refractivity contribution is 0.426. The van der Waals surface area contributed by atoms with Crippen LogP contribution < -0.4 is 5.73 Å². The number of nitrogens with two attached hydrogens (primary N) is 1. The zero-order valence-corrected chi connectivity index (χ0v) is 11.2. The molecule has 19 heavy (non-hydrogen) atoms. The van der Waals surface area contributed by atoms with Gasteiger partial charge in [0.05, 0.1) is 6.54 Å². The van der Waals surface area contributed by atoms with Gasteiger partial charge in [0, 0.05) is 12.2 Å². The number of anilines is 1. The molecular weight excluding hydrogens is 267 g/mol. The van der Waals surface area contributed by atoms with Gasteiger partial charge in [0.2, 0.25) is 10.0 Å². The summed E-state index contributed by atoms with van der Waals surface area (Å²) in [7, 11) is -3.94. The second-order valence-electron chi connectivity index (χ2n) is 4.63. The third kappa shape index (κ3) is 3.06. The molecular formula is C13H15FN2O2S. The summed E-state index contributed by atoms with van der Waals surface area (Å²) in [6.45, 7) is 0.272. The Morgan fingerprint density at radius 3 is 2.74 bits per heavy atom. The smallest absolute Gasteiger partial charge is 0.246 e. The Bertz CT molecular complexity index is 618. The lowest BCUT2D eigenvalue weighted by Crippen LogP contribution is -2.34. The van der Waals surface area contributed by atoms with Gasteiger partial charge < -0.3 is 5.73 Å². The van der Waals surface area contributed by atoms with E-state index in [-0.39, 0.29) is 12.2 Å². The van der Waals surface area contributed by atoms with Gasteiger partial charge >= 0.3 is 0 Å². The molecule has 6 heteroatoms. The van der Waals surface area contributed by atoms with Gasteiger partial charge in [0.1, 0.15) is 10.7 Å². The zero-order chi connectivity index (χ0) is 14.0. The quantitative estimate of drug-likeness (QED) is 0.656. The van der Waals surface area contributed by atoms with Crippen molar-refractivity contribution in [1.29, 1.82) is 0 Å². The van der Waals surface area contributed by atoms with Crippen LogP contribution in [0.2, 0.25) is 0 Å². The Labute approximate surface area is 112 Å². The fraction of sp³-hybridized carbons (Fsp3) is 0.385. The Morgan fingerprint density at radius 2 is 2.16 bits per heavy atom. The maximum absolute atomic E-state index is 13.7. The molecule has 0 unspecified atom stereocenters. The number of sulfonamides is 1. The fourth-order valence-corrected chi connectivity index (χ4v) is 3.32. The van der Waals surface area contributed by atoms with Crippen molar-refractivity contribution in [3.05, 3.63) is 24.0 Å². The van der Waals surface area contributed by atoms with Crippen molar-refractivity contribution < 1.29 is 12.8 Å². The molecule has 4 nitrogen and oxygen atoms in total. The topological polar surface area (TPSA) is 63.4 Å². The zero-order valence-electron chi connectivity index (χ0n) is 10.3. The van der Waals surface area contributed by atoms with Crippen LogP contribution in [0.1, 0.15) is 12.8 Å². The Morgan fingerprint density at radius 1 is 1.47 bits per heavy atom. The van der Waals surface area contributed by atoms with E-state index in [4.69, 9.17) is 12.2 Å². The number of benzene rings is 1. The summed E-state index contributed by atoms with van der Waals surface area (Å²) in [5.74, 6) is 1.82. The molecule has 1 aromatic carbocycles. The SMILES string of the molecule is C#CCN(CC1CC1)S(=O)(=O)c1cc(N)ccc1F. The number of nitrogens with zero attached hydrogens (tertiary/aromatic N) is 1. The van der Waals surface area contributed by atoms with Crippen molar-refractivity contribution in [2.75, 3.05) is 18.8 Å². The molecule has 1 saturated carbocycles. The highest BCUT2D eigenvalue weighted by molar-refractivity contribution is 7.89. The lowest BCUT2D eigenvalue weighted by atomic mass is 10.3. The van der Waals surface area contributed by atoms with Crippen LogP contribution >= 0.6 is 0 Å². The van der Waals surface area contributed by atoms with E-state index in [9.17, 15) is 12.8 Å². The Hall–Kier alpha value is -1.58. The first-order chi connectivity index (χ1) is 8.95. The third-order valence-electron chi connectivity index (χ3n) is 3.00. The molecule has 1 aliphatic rings. The third-order valence-corrected chi connectivity index (χ3v) is 4.83. The first-order valence-corrected chi connectivity index (χ1v) is 7.38. The van der Waals surface area contributed by atoms with Crippen LogP contribution in [0.25, 0.3) is 0 Å². The van der Waals surface area contributed by atoms with Gasteiger partial charge in [-0.1, -0.05) is 5.92 Å². The van der Waals surface area contributed by atoms with Crippen molar-refractivity contribution in [2.24, 2.45) is 5.92 Å². The van der Waals surface area contributed by atoms with Crippen LogP contribution in [0.4, 0.5) is 10.1 Å². The minimum absolute atomic E-state index is 0.0624. The summed E-state index contributed by atoms with van der Waals surface area (Å²) < 4.78 is 39.6. The minimum Gasteiger partial charge on any atom is -0.399 e. The Kier molecular flexibility index (Phi) is 3.78. The number of nitrogen functional groups attached to an aromatic ring is 1. The van der Waals surface area contributed by atoms with E-state index in [1.54, 1.807) is 0 Å².